The summed E-state index contributed by atoms with van der Waals surface area (Å²) in [5, 5.41) is 23.8. The first-order valence-corrected chi connectivity index (χ1v) is 7.90. The lowest BCUT2D eigenvalue weighted by Crippen LogP contribution is -2.09. The number of hydrogen-bond acceptors (Lipinski definition) is 4. The third-order valence-corrected chi connectivity index (χ3v) is 4.81. The maximum absolute atomic E-state index is 11.0. The number of non-ortho nitro benzene ring substituents is 1. The summed E-state index contributed by atoms with van der Waals surface area (Å²) in [4.78, 5) is 10.6. The Balaban J connectivity index is 2.05. The number of nitrogens with zero attached hydrogens (tertiary/aromatic N) is 2. The van der Waals surface area contributed by atoms with Crippen molar-refractivity contribution in [3.8, 4) is 0 Å². The van der Waals surface area contributed by atoms with Crippen LogP contribution in [0.4, 0.5) is 5.69 Å². The minimum atomic E-state index is -0.380. The van der Waals surface area contributed by atoms with Crippen molar-refractivity contribution in [3.63, 3.8) is 0 Å². The molecular weight excluding hydrogens is 280 g/mol. The molecule has 1 aromatic carbocycles. The van der Waals surface area contributed by atoms with Gasteiger partial charge in [0.25, 0.3) is 5.69 Å². The molecule has 2 aliphatic carbocycles. The van der Waals surface area contributed by atoms with E-state index in [0.29, 0.717) is 11.6 Å². The third kappa shape index (κ3) is 2.75. The van der Waals surface area contributed by atoms with Gasteiger partial charge in [-0.3, -0.25) is 10.1 Å². The fourth-order valence-corrected chi connectivity index (χ4v) is 3.77. The van der Waals surface area contributed by atoms with Crippen molar-refractivity contribution in [1.29, 1.82) is 0 Å². The van der Waals surface area contributed by atoms with Crippen molar-refractivity contribution in [1.82, 2.24) is 0 Å². The van der Waals surface area contributed by atoms with Crippen LogP contribution >= 0.6 is 0 Å². The first-order chi connectivity index (χ1) is 10.7. The highest BCUT2D eigenvalue weighted by molar-refractivity contribution is 6.26. The molecule has 0 heterocycles. The average molecular weight is 300 g/mol. The van der Waals surface area contributed by atoms with Gasteiger partial charge >= 0.3 is 0 Å². The summed E-state index contributed by atoms with van der Waals surface area (Å²) in [6.07, 6.45) is 7.74. The number of hydrogen-bond donors (Lipinski definition) is 1. The predicted molar refractivity (Wildman–Crippen MR) is 85.0 cm³/mol. The molecule has 0 aliphatic heterocycles. The van der Waals surface area contributed by atoms with E-state index in [-0.39, 0.29) is 10.6 Å². The third-order valence-electron chi connectivity index (χ3n) is 4.81. The van der Waals surface area contributed by atoms with E-state index in [2.05, 4.69) is 5.16 Å². The molecule has 0 amide bonds. The molecular formula is C17H20N2O3. The first kappa shape index (κ1) is 14.8. The molecule has 1 fully saturated rings. The van der Waals surface area contributed by atoms with E-state index in [9.17, 15) is 15.3 Å². The van der Waals surface area contributed by atoms with E-state index in [1.54, 1.807) is 12.1 Å². The van der Waals surface area contributed by atoms with E-state index in [0.717, 1.165) is 24.0 Å². The van der Waals surface area contributed by atoms with Crippen LogP contribution in [0.5, 0.6) is 0 Å². The summed E-state index contributed by atoms with van der Waals surface area (Å²) < 4.78 is 0. The van der Waals surface area contributed by atoms with Crippen LogP contribution in [0, 0.1) is 16.0 Å². The molecule has 2 aliphatic rings. The lowest BCUT2D eigenvalue weighted by molar-refractivity contribution is -0.384. The number of nitro benzene ring substituents is 1. The van der Waals surface area contributed by atoms with Crippen LogP contribution in [0.25, 0.3) is 5.57 Å². The monoisotopic (exact) mass is 300 g/mol. The molecule has 3 rings (SSSR count). The van der Waals surface area contributed by atoms with Crippen LogP contribution in [0.15, 0.2) is 35.0 Å². The average Bonchev–Trinajstić information content (AvgIpc) is 2.99. The highest BCUT2D eigenvalue weighted by atomic mass is 16.6. The van der Waals surface area contributed by atoms with Gasteiger partial charge in [0, 0.05) is 17.7 Å². The molecule has 0 spiro atoms. The molecule has 116 valence electrons. The van der Waals surface area contributed by atoms with Gasteiger partial charge in [0.1, 0.15) is 0 Å². The van der Waals surface area contributed by atoms with Crippen LogP contribution in [-0.4, -0.2) is 15.8 Å². The smallest absolute Gasteiger partial charge is 0.270 e. The van der Waals surface area contributed by atoms with Crippen molar-refractivity contribution in [3.05, 3.63) is 45.5 Å². The lowest BCUT2D eigenvalue weighted by atomic mass is 9.81. The van der Waals surface area contributed by atoms with E-state index < -0.39 is 0 Å². The second-order valence-electron chi connectivity index (χ2n) is 6.09. The maximum atomic E-state index is 11.0. The highest BCUT2D eigenvalue weighted by Crippen LogP contribution is 2.42. The molecule has 22 heavy (non-hydrogen) atoms. The highest BCUT2D eigenvalue weighted by Gasteiger charge is 2.29. The number of oxime groups is 1. The fourth-order valence-electron chi connectivity index (χ4n) is 3.77. The van der Waals surface area contributed by atoms with Gasteiger partial charge in [-0.1, -0.05) is 42.1 Å². The molecule has 0 atom stereocenters. The molecule has 0 unspecified atom stereocenters. The standard InChI is InChI=1S/C17H20N2O3/c20-18-16-10-9-15(12-5-2-1-3-6-12)17(16)13-7-4-8-14(11-13)19(21)22/h4,7-8,11-12,20H,1-3,5-6,9-10H2. The molecule has 1 aromatic rings. The Morgan fingerprint density at radius 1 is 1.18 bits per heavy atom. The zero-order chi connectivity index (χ0) is 15.5. The van der Waals surface area contributed by atoms with Gasteiger partial charge < -0.3 is 5.21 Å². The lowest BCUT2D eigenvalue weighted by Gasteiger charge is -2.24. The van der Waals surface area contributed by atoms with Crippen LogP contribution in [0.3, 0.4) is 0 Å². The molecule has 5 heteroatoms. The fraction of sp³-hybridized carbons (Fsp3) is 0.471. The molecule has 0 radical (unpaired) electrons. The van der Waals surface area contributed by atoms with Crippen molar-refractivity contribution in [2.45, 2.75) is 44.9 Å². The summed E-state index contributed by atoms with van der Waals surface area (Å²) in [5.41, 5.74) is 3.82. The van der Waals surface area contributed by atoms with E-state index in [1.165, 1.54) is 43.7 Å². The Morgan fingerprint density at radius 2 is 1.95 bits per heavy atom. The summed E-state index contributed by atoms with van der Waals surface area (Å²) in [7, 11) is 0. The van der Waals surface area contributed by atoms with Crippen molar-refractivity contribution in [2.24, 2.45) is 11.1 Å². The minimum Gasteiger partial charge on any atom is -0.411 e. The zero-order valence-electron chi connectivity index (χ0n) is 12.5. The SMILES string of the molecule is O=[N+]([O-])c1cccc(C2=C(C3CCCCC3)CCC2=NO)c1. The van der Waals surface area contributed by atoms with Crippen molar-refractivity contribution >= 4 is 17.0 Å². The van der Waals surface area contributed by atoms with Gasteiger partial charge in [0.15, 0.2) is 0 Å². The number of benzene rings is 1. The Morgan fingerprint density at radius 3 is 2.64 bits per heavy atom. The molecule has 5 nitrogen and oxygen atoms in total. The Hall–Kier alpha value is -2.17. The molecule has 0 bridgehead atoms. The van der Waals surface area contributed by atoms with Gasteiger partial charge in [-0.15, -0.1) is 0 Å². The zero-order valence-corrected chi connectivity index (χ0v) is 12.5. The van der Waals surface area contributed by atoms with Crippen molar-refractivity contribution in [2.75, 3.05) is 0 Å². The number of allylic oxidation sites excluding steroid dienone is 2. The predicted octanol–water partition coefficient (Wildman–Crippen LogP) is 4.55. The van der Waals surface area contributed by atoms with Gasteiger partial charge in [-0.2, -0.15) is 0 Å². The summed E-state index contributed by atoms with van der Waals surface area (Å²) in [6.45, 7) is 0. The number of nitro groups is 1. The largest absolute Gasteiger partial charge is 0.411 e. The second-order valence-corrected chi connectivity index (χ2v) is 6.09. The second kappa shape index (κ2) is 6.30. The van der Waals surface area contributed by atoms with Crippen LogP contribution in [0.1, 0.15) is 50.5 Å². The minimum absolute atomic E-state index is 0.0807. The Bertz CT molecular complexity index is 643. The van der Waals surface area contributed by atoms with Gasteiger partial charge in [-0.25, -0.2) is 0 Å². The Kier molecular flexibility index (Phi) is 4.22. The molecule has 0 saturated heterocycles. The molecule has 1 N–H and O–H groups in total. The summed E-state index contributed by atoms with van der Waals surface area (Å²) in [6, 6.07) is 6.66. The van der Waals surface area contributed by atoms with E-state index >= 15 is 0 Å². The topological polar surface area (TPSA) is 75.7 Å². The van der Waals surface area contributed by atoms with Crippen LogP contribution in [-0.2, 0) is 0 Å². The van der Waals surface area contributed by atoms with Crippen LogP contribution < -0.4 is 0 Å². The quantitative estimate of drug-likeness (QED) is 0.505. The van der Waals surface area contributed by atoms with Gasteiger partial charge in [0.2, 0.25) is 0 Å². The van der Waals surface area contributed by atoms with E-state index in [1.807, 2.05) is 6.07 Å². The van der Waals surface area contributed by atoms with Crippen molar-refractivity contribution < 1.29 is 10.1 Å². The summed E-state index contributed by atoms with van der Waals surface area (Å²) >= 11 is 0. The number of rotatable bonds is 3. The van der Waals surface area contributed by atoms with E-state index in [4.69, 9.17) is 0 Å². The Labute approximate surface area is 129 Å². The molecule has 0 aromatic heterocycles. The maximum Gasteiger partial charge on any atom is 0.270 e. The molecule has 1 saturated carbocycles. The normalized spacial score (nSPS) is 21.5. The first-order valence-electron chi connectivity index (χ1n) is 7.90. The van der Waals surface area contributed by atoms with Crippen LogP contribution in [0.2, 0.25) is 0 Å². The summed E-state index contributed by atoms with van der Waals surface area (Å²) in [5.74, 6) is 0.530. The van der Waals surface area contributed by atoms with Gasteiger partial charge in [0.05, 0.1) is 10.6 Å². The van der Waals surface area contributed by atoms with Gasteiger partial charge in [-0.05, 0) is 37.2 Å².